The smallest absolute Gasteiger partial charge is 0.225 e. The molecule has 6 nitrogen and oxygen atoms in total. The van der Waals surface area contributed by atoms with Crippen molar-refractivity contribution in [2.75, 3.05) is 31.1 Å². The predicted octanol–water partition coefficient (Wildman–Crippen LogP) is 1.81. The van der Waals surface area contributed by atoms with Gasteiger partial charge in [-0.25, -0.2) is 9.97 Å². The van der Waals surface area contributed by atoms with Gasteiger partial charge in [-0.05, 0) is 36.5 Å². The highest BCUT2D eigenvalue weighted by Gasteiger charge is 2.22. The van der Waals surface area contributed by atoms with E-state index in [9.17, 15) is 0 Å². The Hall–Kier alpha value is -2.22. The molecule has 1 aromatic carbocycles. The molecule has 1 N–H and O–H groups in total. The Balaban J connectivity index is 1.42. The van der Waals surface area contributed by atoms with E-state index in [1.807, 2.05) is 47.3 Å². The molecule has 0 atom stereocenters. The number of nitrogens with zero attached hydrogens (tertiary/aromatic N) is 5. The van der Waals surface area contributed by atoms with Crippen LogP contribution in [0.4, 0.5) is 5.95 Å². The molecule has 2 aromatic heterocycles. The second kappa shape index (κ2) is 7.57. The molecule has 0 spiro atoms. The molecule has 4 rings (SSSR count). The van der Waals surface area contributed by atoms with Crippen molar-refractivity contribution < 1.29 is 4.90 Å². The van der Waals surface area contributed by atoms with Gasteiger partial charge in [0, 0.05) is 35.5 Å². The van der Waals surface area contributed by atoms with Gasteiger partial charge in [0.2, 0.25) is 5.95 Å². The Morgan fingerprint density at radius 3 is 2.58 bits per heavy atom. The second-order valence-electron chi connectivity index (χ2n) is 6.34. The van der Waals surface area contributed by atoms with Gasteiger partial charge >= 0.3 is 0 Å². The maximum Gasteiger partial charge on any atom is 0.225 e. The second-order valence-corrected chi connectivity index (χ2v) is 7.15. The zero-order valence-electron chi connectivity index (χ0n) is 14.3. The number of nitrogens with one attached hydrogen (secondary N) is 1. The molecule has 3 aromatic rings. The quantitative estimate of drug-likeness (QED) is 0.693. The van der Waals surface area contributed by atoms with Gasteiger partial charge in [0.1, 0.15) is 0 Å². The third-order valence-corrected chi connectivity index (χ3v) is 5.30. The van der Waals surface area contributed by atoms with E-state index in [-0.39, 0.29) is 0 Å². The van der Waals surface area contributed by atoms with E-state index in [2.05, 4.69) is 19.4 Å². The Kier molecular flexibility index (Phi) is 5.01. The fraction of sp³-hybridized carbons (Fsp3) is 0.278. The average Bonchev–Trinajstić information content (AvgIpc) is 3.03. The standard InChI is InChI=1S/C18H19ClN6S/c19-15-3-1-4-16(13-15)25-12-11-24(18(25)26)14-22-7-9-23(10-8-22)17-20-5-2-6-21-17/h1-6,11-13H,7-10,14H2/p+1. The van der Waals surface area contributed by atoms with E-state index >= 15 is 0 Å². The van der Waals surface area contributed by atoms with E-state index < -0.39 is 0 Å². The number of quaternary nitrogens is 1. The lowest BCUT2D eigenvalue weighted by molar-refractivity contribution is -0.923. The number of benzene rings is 1. The lowest BCUT2D eigenvalue weighted by atomic mass is 10.3. The highest BCUT2D eigenvalue weighted by Crippen LogP contribution is 2.15. The van der Waals surface area contributed by atoms with Gasteiger partial charge in [-0.2, -0.15) is 0 Å². The van der Waals surface area contributed by atoms with Crippen molar-refractivity contribution in [2.45, 2.75) is 6.67 Å². The molecule has 1 saturated heterocycles. The van der Waals surface area contributed by atoms with Crippen LogP contribution in [0.1, 0.15) is 0 Å². The molecule has 0 saturated carbocycles. The Bertz CT molecular complexity index is 930. The molecule has 1 aliphatic rings. The van der Waals surface area contributed by atoms with Gasteiger partial charge in [0.25, 0.3) is 0 Å². The summed E-state index contributed by atoms with van der Waals surface area (Å²) in [7, 11) is 0. The van der Waals surface area contributed by atoms with E-state index in [0.717, 1.165) is 49.3 Å². The Labute approximate surface area is 162 Å². The molecule has 26 heavy (non-hydrogen) atoms. The number of hydrogen-bond donors (Lipinski definition) is 1. The van der Waals surface area contributed by atoms with Crippen LogP contribution in [0.3, 0.4) is 0 Å². The highest BCUT2D eigenvalue weighted by atomic mass is 35.5. The third-order valence-electron chi connectivity index (χ3n) is 4.63. The minimum absolute atomic E-state index is 0.710. The first-order valence-corrected chi connectivity index (χ1v) is 9.38. The number of rotatable bonds is 4. The number of piperazine rings is 1. The van der Waals surface area contributed by atoms with Crippen LogP contribution in [0.25, 0.3) is 5.69 Å². The van der Waals surface area contributed by atoms with Crippen LogP contribution in [0.15, 0.2) is 55.1 Å². The summed E-state index contributed by atoms with van der Waals surface area (Å²) in [6.45, 7) is 4.81. The lowest BCUT2D eigenvalue weighted by Gasteiger charge is -2.32. The van der Waals surface area contributed by atoms with Gasteiger partial charge in [-0.15, -0.1) is 0 Å². The van der Waals surface area contributed by atoms with Crippen LogP contribution < -0.4 is 9.80 Å². The summed E-state index contributed by atoms with van der Waals surface area (Å²) >= 11 is 11.8. The van der Waals surface area contributed by atoms with E-state index in [0.29, 0.717) is 5.02 Å². The number of anilines is 1. The van der Waals surface area contributed by atoms with Crippen molar-refractivity contribution in [3.05, 3.63) is 64.9 Å². The van der Waals surface area contributed by atoms with E-state index in [4.69, 9.17) is 23.8 Å². The fourth-order valence-corrected chi connectivity index (χ4v) is 3.71. The molecular weight excluding hydrogens is 368 g/mol. The largest absolute Gasteiger partial charge is 0.330 e. The third kappa shape index (κ3) is 3.65. The van der Waals surface area contributed by atoms with Gasteiger partial charge < -0.3 is 9.80 Å². The van der Waals surface area contributed by atoms with Crippen LogP contribution >= 0.6 is 23.8 Å². The van der Waals surface area contributed by atoms with Crippen LogP contribution in [0.5, 0.6) is 0 Å². The minimum atomic E-state index is 0.710. The summed E-state index contributed by atoms with van der Waals surface area (Å²) in [5, 5.41) is 0.710. The predicted molar refractivity (Wildman–Crippen MR) is 105 cm³/mol. The normalized spacial score (nSPS) is 15.3. The number of hydrogen-bond acceptors (Lipinski definition) is 4. The van der Waals surface area contributed by atoms with Crippen LogP contribution in [0.2, 0.25) is 5.02 Å². The summed E-state index contributed by atoms with van der Waals surface area (Å²) in [5.74, 6) is 0.815. The topological polar surface area (TPSA) is 43.3 Å². The maximum atomic E-state index is 6.10. The molecule has 0 amide bonds. The highest BCUT2D eigenvalue weighted by molar-refractivity contribution is 7.71. The molecule has 134 valence electrons. The summed E-state index contributed by atoms with van der Waals surface area (Å²) in [6.07, 6.45) is 7.63. The molecule has 8 heteroatoms. The summed E-state index contributed by atoms with van der Waals surface area (Å²) < 4.78 is 4.91. The zero-order valence-corrected chi connectivity index (χ0v) is 15.8. The molecular formula is C18H20ClN6S+. The van der Waals surface area contributed by atoms with Gasteiger partial charge in [-0.3, -0.25) is 9.13 Å². The molecule has 0 unspecified atom stereocenters. The van der Waals surface area contributed by atoms with Crippen molar-refractivity contribution in [2.24, 2.45) is 0 Å². The number of halogens is 1. The fourth-order valence-electron chi connectivity index (χ4n) is 3.23. The van der Waals surface area contributed by atoms with Crippen molar-refractivity contribution in [1.29, 1.82) is 0 Å². The molecule has 0 aliphatic carbocycles. The Morgan fingerprint density at radius 1 is 1.08 bits per heavy atom. The van der Waals surface area contributed by atoms with Crippen molar-refractivity contribution in [3.63, 3.8) is 0 Å². The van der Waals surface area contributed by atoms with E-state index in [1.165, 1.54) is 4.90 Å². The van der Waals surface area contributed by atoms with Gasteiger partial charge in [0.05, 0.1) is 26.2 Å². The summed E-state index contributed by atoms with van der Waals surface area (Å²) in [4.78, 5) is 12.4. The molecule has 0 bridgehead atoms. The van der Waals surface area contributed by atoms with Crippen LogP contribution in [0, 0.1) is 4.77 Å². The van der Waals surface area contributed by atoms with Gasteiger partial charge in [0.15, 0.2) is 11.4 Å². The SMILES string of the molecule is S=c1n(C[NH+]2CCN(c3ncccn3)CC2)ccn1-c1cccc(Cl)c1. The van der Waals surface area contributed by atoms with Crippen molar-refractivity contribution >= 4 is 29.8 Å². The first kappa shape index (κ1) is 17.2. The van der Waals surface area contributed by atoms with E-state index in [1.54, 1.807) is 12.4 Å². The van der Waals surface area contributed by atoms with Crippen LogP contribution in [-0.2, 0) is 6.67 Å². The molecule has 3 heterocycles. The Morgan fingerprint density at radius 2 is 1.85 bits per heavy atom. The average molecular weight is 388 g/mol. The van der Waals surface area contributed by atoms with Crippen molar-refractivity contribution in [3.8, 4) is 5.69 Å². The summed E-state index contributed by atoms with van der Waals surface area (Å²) in [5.41, 5.74) is 0.988. The first-order chi connectivity index (χ1) is 12.7. The molecule has 0 radical (unpaired) electrons. The zero-order chi connectivity index (χ0) is 17.9. The van der Waals surface area contributed by atoms with Crippen LogP contribution in [-0.4, -0.2) is 45.3 Å². The minimum Gasteiger partial charge on any atom is -0.330 e. The molecule has 1 aliphatic heterocycles. The monoisotopic (exact) mass is 387 g/mol. The molecule has 1 fully saturated rings. The number of imidazole rings is 1. The summed E-state index contributed by atoms with van der Waals surface area (Å²) in [6, 6.07) is 9.58. The first-order valence-electron chi connectivity index (χ1n) is 8.60. The lowest BCUT2D eigenvalue weighted by Crippen LogP contribution is -3.14. The maximum absolute atomic E-state index is 6.10. The van der Waals surface area contributed by atoms with Gasteiger partial charge in [-0.1, -0.05) is 17.7 Å². The number of aromatic nitrogens is 4. The van der Waals surface area contributed by atoms with Crippen molar-refractivity contribution in [1.82, 2.24) is 19.1 Å².